The zero-order valence-electron chi connectivity index (χ0n) is 14.8. The molecule has 0 radical (unpaired) electrons. The van der Waals surface area contributed by atoms with Crippen molar-refractivity contribution in [2.45, 2.75) is 50.4 Å². The molecule has 4 aliphatic rings. The predicted octanol–water partition coefficient (Wildman–Crippen LogP) is 1.63. The molecule has 5 rings (SSSR count). The Bertz CT molecular complexity index is 868. The van der Waals surface area contributed by atoms with Crippen LogP contribution in [0.1, 0.15) is 38.2 Å². The lowest BCUT2D eigenvalue weighted by Crippen LogP contribution is -2.68. The number of pyridine rings is 1. The molecular weight excluding hydrogens is 332 g/mol. The highest BCUT2D eigenvalue weighted by molar-refractivity contribution is 6.49. The monoisotopic (exact) mass is 352 g/mol. The van der Waals surface area contributed by atoms with Crippen LogP contribution >= 0.6 is 0 Å². The molecule has 1 saturated heterocycles. The summed E-state index contributed by atoms with van der Waals surface area (Å²) in [6.07, 6.45) is 5.34. The van der Waals surface area contributed by atoms with Crippen LogP contribution in [0.3, 0.4) is 0 Å². The molecule has 1 atom stereocenters. The zero-order chi connectivity index (χ0) is 18.1. The average Bonchev–Trinajstić information content (AvgIpc) is 3.54. The van der Waals surface area contributed by atoms with Gasteiger partial charge in [-0.3, -0.25) is 14.6 Å². The van der Waals surface area contributed by atoms with Gasteiger partial charge in [-0.15, -0.1) is 0 Å². The number of rotatable bonds is 4. The highest BCUT2D eigenvalue weighted by Crippen LogP contribution is 2.43. The van der Waals surface area contributed by atoms with Crippen molar-refractivity contribution in [2.75, 3.05) is 12.4 Å². The Morgan fingerprint density at radius 2 is 1.88 bits per heavy atom. The van der Waals surface area contributed by atoms with Gasteiger partial charge in [0.2, 0.25) is 0 Å². The number of anilines is 1. The standard InChI is InChI=1S/C18H20N6O2/c1-18-14(21-15(22-18)10-3-8-13(19-2)20-9-10)16(25)23(11-4-5-11)17(26)24(18)12-6-7-12/h3,8-9,11-12H,4-7H2,1-2H3,(H,19,20). The van der Waals surface area contributed by atoms with Crippen molar-refractivity contribution in [3.05, 3.63) is 23.9 Å². The van der Waals surface area contributed by atoms with E-state index in [-0.39, 0.29) is 24.0 Å². The van der Waals surface area contributed by atoms with E-state index in [0.717, 1.165) is 37.1 Å². The third-order valence-electron chi connectivity index (χ3n) is 5.39. The number of carbonyl (C=O) groups excluding carboxylic acids is 2. The fraction of sp³-hybridized carbons (Fsp3) is 0.500. The number of hydrogen-bond acceptors (Lipinski definition) is 6. The molecule has 2 aliphatic heterocycles. The molecule has 0 bridgehead atoms. The van der Waals surface area contributed by atoms with Crippen molar-refractivity contribution < 1.29 is 9.59 Å². The van der Waals surface area contributed by atoms with Gasteiger partial charge in [0.25, 0.3) is 5.91 Å². The molecule has 1 aromatic heterocycles. The van der Waals surface area contributed by atoms with Gasteiger partial charge in [0.1, 0.15) is 5.82 Å². The highest BCUT2D eigenvalue weighted by Gasteiger charge is 2.60. The third-order valence-corrected chi connectivity index (χ3v) is 5.39. The van der Waals surface area contributed by atoms with Crippen molar-refractivity contribution in [3.8, 4) is 0 Å². The Hall–Kier alpha value is -2.77. The molecule has 3 fully saturated rings. The summed E-state index contributed by atoms with van der Waals surface area (Å²) in [5.74, 6) is 0.909. The first-order valence-electron chi connectivity index (χ1n) is 9.03. The number of amidine groups is 1. The van der Waals surface area contributed by atoms with Crippen molar-refractivity contribution in [3.63, 3.8) is 0 Å². The van der Waals surface area contributed by atoms with Crippen molar-refractivity contribution >= 4 is 29.3 Å². The number of nitrogens with zero attached hydrogens (tertiary/aromatic N) is 5. The van der Waals surface area contributed by atoms with Crippen LogP contribution in [-0.2, 0) is 4.79 Å². The van der Waals surface area contributed by atoms with Crippen LogP contribution in [0.4, 0.5) is 10.6 Å². The molecule has 2 saturated carbocycles. The number of urea groups is 1. The number of aliphatic imine (C=N–C) groups is 2. The molecule has 1 aromatic rings. The summed E-state index contributed by atoms with van der Waals surface area (Å²) >= 11 is 0. The fourth-order valence-electron chi connectivity index (χ4n) is 3.72. The first-order chi connectivity index (χ1) is 12.5. The topological polar surface area (TPSA) is 90.3 Å². The van der Waals surface area contributed by atoms with Gasteiger partial charge in [0.05, 0.1) is 0 Å². The highest BCUT2D eigenvalue weighted by atomic mass is 16.2. The molecule has 3 heterocycles. The number of hydrogen-bond donors (Lipinski definition) is 1. The van der Waals surface area contributed by atoms with E-state index in [9.17, 15) is 9.59 Å². The van der Waals surface area contributed by atoms with E-state index < -0.39 is 5.66 Å². The van der Waals surface area contributed by atoms with Gasteiger partial charge in [0.15, 0.2) is 17.2 Å². The molecule has 26 heavy (non-hydrogen) atoms. The van der Waals surface area contributed by atoms with Gasteiger partial charge in [0, 0.05) is 30.9 Å². The Morgan fingerprint density at radius 1 is 1.15 bits per heavy atom. The SMILES string of the molecule is CNc1ccc(C2=NC3(C)C(=N2)C(=O)N(C2CC2)C(=O)N3C2CC2)cn1. The third kappa shape index (κ3) is 2.11. The minimum Gasteiger partial charge on any atom is -0.373 e. The van der Waals surface area contributed by atoms with E-state index in [1.807, 2.05) is 19.1 Å². The summed E-state index contributed by atoms with van der Waals surface area (Å²) in [6, 6.07) is 3.65. The zero-order valence-corrected chi connectivity index (χ0v) is 14.8. The number of fused-ring (bicyclic) bond motifs is 1. The maximum Gasteiger partial charge on any atom is 0.329 e. The summed E-state index contributed by atoms with van der Waals surface area (Å²) in [4.78, 5) is 42.9. The molecule has 0 aromatic carbocycles. The second kappa shape index (κ2) is 5.12. The van der Waals surface area contributed by atoms with E-state index >= 15 is 0 Å². The van der Waals surface area contributed by atoms with Crippen LogP contribution in [0.25, 0.3) is 0 Å². The summed E-state index contributed by atoms with van der Waals surface area (Å²) in [5, 5.41) is 2.97. The maximum absolute atomic E-state index is 13.1. The largest absolute Gasteiger partial charge is 0.373 e. The minimum absolute atomic E-state index is 0.0177. The molecule has 3 amide bonds. The van der Waals surface area contributed by atoms with Crippen LogP contribution < -0.4 is 5.32 Å². The second-order valence-corrected chi connectivity index (χ2v) is 7.39. The summed E-state index contributed by atoms with van der Waals surface area (Å²) in [6.45, 7) is 1.83. The van der Waals surface area contributed by atoms with Gasteiger partial charge in [-0.05, 0) is 44.7 Å². The first-order valence-corrected chi connectivity index (χ1v) is 9.03. The summed E-state index contributed by atoms with van der Waals surface area (Å²) < 4.78 is 0. The lowest BCUT2D eigenvalue weighted by atomic mass is 10.0. The lowest BCUT2D eigenvalue weighted by Gasteiger charge is -2.44. The normalized spacial score (nSPS) is 28.1. The molecule has 1 unspecified atom stereocenters. The van der Waals surface area contributed by atoms with E-state index in [0.29, 0.717) is 11.5 Å². The van der Waals surface area contributed by atoms with Gasteiger partial charge in [-0.25, -0.2) is 19.8 Å². The first kappa shape index (κ1) is 15.5. The molecular formula is C18H20N6O2. The van der Waals surface area contributed by atoms with E-state index in [1.165, 1.54) is 4.90 Å². The Morgan fingerprint density at radius 3 is 2.46 bits per heavy atom. The number of aromatic nitrogens is 1. The molecule has 8 heteroatoms. The van der Waals surface area contributed by atoms with Crippen LogP contribution in [-0.4, -0.2) is 63.1 Å². The van der Waals surface area contributed by atoms with Crippen LogP contribution in [0.15, 0.2) is 28.3 Å². The Balaban J connectivity index is 1.58. The summed E-state index contributed by atoms with van der Waals surface area (Å²) in [7, 11) is 1.80. The number of carbonyl (C=O) groups is 2. The predicted molar refractivity (Wildman–Crippen MR) is 96.3 cm³/mol. The maximum atomic E-state index is 13.1. The fourth-order valence-corrected chi connectivity index (χ4v) is 3.72. The molecule has 134 valence electrons. The van der Waals surface area contributed by atoms with Crippen LogP contribution in [0.5, 0.6) is 0 Å². The van der Waals surface area contributed by atoms with Crippen molar-refractivity contribution in [2.24, 2.45) is 9.98 Å². The van der Waals surface area contributed by atoms with Crippen LogP contribution in [0.2, 0.25) is 0 Å². The number of imide groups is 1. The van der Waals surface area contributed by atoms with Gasteiger partial charge >= 0.3 is 6.03 Å². The average molecular weight is 352 g/mol. The van der Waals surface area contributed by atoms with Crippen LogP contribution in [0, 0.1) is 0 Å². The van der Waals surface area contributed by atoms with Gasteiger partial charge < -0.3 is 5.32 Å². The Labute approximate surface area is 151 Å². The molecule has 2 aliphatic carbocycles. The van der Waals surface area contributed by atoms with E-state index in [4.69, 9.17) is 4.99 Å². The summed E-state index contributed by atoms with van der Waals surface area (Å²) in [5.41, 5.74) is 0.0715. The lowest BCUT2D eigenvalue weighted by molar-refractivity contribution is -0.124. The van der Waals surface area contributed by atoms with E-state index in [2.05, 4.69) is 15.3 Å². The Kier molecular flexibility index (Phi) is 3.05. The van der Waals surface area contributed by atoms with E-state index in [1.54, 1.807) is 18.1 Å². The van der Waals surface area contributed by atoms with Crippen molar-refractivity contribution in [1.29, 1.82) is 0 Å². The second-order valence-electron chi connectivity index (χ2n) is 7.39. The molecule has 8 nitrogen and oxygen atoms in total. The quantitative estimate of drug-likeness (QED) is 0.892. The number of amides is 3. The van der Waals surface area contributed by atoms with Gasteiger partial charge in [-0.1, -0.05) is 0 Å². The smallest absolute Gasteiger partial charge is 0.329 e. The van der Waals surface area contributed by atoms with Gasteiger partial charge in [-0.2, -0.15) is 0 Å². The molecule has 1 N–H and O–H groups in total. The minimum atomic E-state index is -1.02. The number of nitrogens with one attached hydrogen (secondary N) is 1. The van der Waals surface area contributed by atoms with Crippen molar-refractivity contribution in [1.82, 2.24) is 14.8 Å². The molecule has 0 spiro atoms.